The molecular formula is C20H14N4OS2. The van der Waals surface area contributed by atoms with E-state index in [2.05, 4.69) is 16.0 Å². The highest BCUT2D eigenvalue weighted by Crippen LogP contribution is 2.30. The van der Waals surface area contributed by atoms with Crippen LogP contribution in [0.2, 0.25) is 0 Å². The number of thioether (sulfide) groups is 1. The van der Waals surface area contributed by atoms with Gasteiger partial charge in [0.2, 0.25) is 0 Å². The first-order valence-corrected chi connectivity index (χ1v) is 9.96. The highest BCUT2D eigenvalue weighted by atomic mass is 32.2. The van der Waals surface area contributed by atoms with Crippen molar-refractivity contribution in [1.82, 2.24) is 14.5 Å². The molecule has 0 aliphatic rings. The molecule has 4 aromatic rings. The summed E-state index contributed by atoms with van der Waals surface area (Å²) in [6.07, 6.45) is 3.59. The Hall–Kier alpha value is -3.08. The van der Waals surface area contributed by atoms with Crippen LogP contribution in [0.1, 0.15) is 5.01 Å². The maximum Gasteiger partial charge on any atom is 0.173 e. The van der Waals surface area contributed by atoms with Crippen LogP contribution < -0.4 is 0 Å². The van der Waals surface area contributed by atoms with Crippen LogP contribution in [0.15, 0.2) is 77.9 Å². The van der Waals surface area contributed by atoms with Gasteiger partial charge in [0.25, 0.3) is 0 Å². The Morgan fingerprint density at radius 1 is 1.15 bits per heavy atom. The minimum Gasteiger partial charge on any atom is -0.510 e. The summed E-state index contributed by atoms with van der Waals surface area (Å²) in [6.45, 7) is 0. The zero-order valence-corrected chi connectivity index (χ0v) is 15.7. The van der Waals surface area contributed by atoms with Crippen molar-refractivity contribution in [3.05, 3.63) is 77.8 Å². The minimum absolute atomic E-state index is 0.00386. The van der Waals surface area contributed by atoms with Crippen LogP contribution in [0.25, 0.3) is 21.5 Å². The molecule has 7 heteroatoms. The second kappa shape index (κ2) is 7.66. The maximum atomic E-state index is 10.5. The summed E-state index contributed by atoms with van der Waals surface area (Å²) in [4.78, 5) is 8.82. The number of hydrogen-bond acceptors (Lipinski definition) is 6. The molecule has 2 heterocycles. The number of aliphatic hydroxyl groups is 1. The van der Waals surface area contributed by atoms with Gasteiger partial charge < -0.3 is 5.11 Å². The van der Waals surface area contributed by atoms with Crippen LogP contribution in [0.5, 0.6) is 0 Å². The molecule has 4 rings (SSSR count). The van der Waals surface area contributed by atoms with Crippen LogP contribution >= 0.6 is 23.1 Å². The van der Waals surface area contributed by atoms with Gasteiger partial charge in [0.1, 0.15) is 22.4 Å². The van der Waals surface area contributed by atoms with Gasteiger partial charge >= 0.3 is 0 Å². The van der Waals surface area contributed by atoms with Gasteiger partial charge in [0, 0.05) is 18.1 Å². The molecule has 2 aromatic carbocycles. The second-order valence-electron chi connectivity index (χ2n) is 5.62. The van der Waals surface area contributed by atoms with Crippen molar-refractivity contribution in [1.29, 1.82) is 5.26 Å². The predicted octanol–water partition coefficient (Wildman–Crippen LogP) is 5.07. The zero-order valence-electron chi connectivity index (χ0n) is 14.1. The summed E-state index contributed by atoms with van der Waals surface area (Å²) in [7, 11) is 0. The molecule has 0 saturated heterocycles. The lowest BCUT2D eigenvalue weighted by Crippen LogP contribution is -1.97. The van der Waals surface area contributed by atoms with E-state index >= 15 is 0 Å². The first-order chi connectivity index (χ1) is 13.3. The molecule has 0 unspecified atom stereocenters. The van der Waals surface area contributed by atoms with Crippen LogP contribution in [0.4, 0.5) is 0 Å². The number of hydrogen-bond donors (Lipinski definition) is 1. The SMILES string of the molecule is N#C/C(=C(/O)CSc1nccn1-c1ccccc1)c1nc2ccccc2s1. The number of para-hydroxylation sites is 2. The summed E-state index contributed by atoms with van der Waals surface area (Å²) in [5.41, 5.74) is 2.03. The molecule has 0 atom stereocenters. The van der Waals surface area contributed by atoms with Gasteiger partial charge in [0.15, 0.2) is 5.16 Å². The molecule has 0 fully saturated rings. The molecule has 0 spiro atoms. The van der Waals surface area contributed by atoms with Gasteiger partial charge in [0.05, 0.1) is 16.0 Å². The van der Waals surface area contributed by atoms with Crippen molar-refractivity contribution >= 4 is 38.9 Å². The molecule has 0 saturated carbocycles. The molecule has 0 radical (unpaired) electrons. The summed E-state index contributed by atoms with van der Waals surface area (Å²) >= 11 is 2.77. The average molecular weight is 390 g/mol. The molecule has 0 amide bonds. The van der Waals surface area contributed by atoms with Crippen molar-refractivity contribution in [2.24, 2.45) is 0 Å². The molecule has 0 bridgehead atoms. The lowest BCUT2D eigenvalue weighted by Gasteiger charge is -2.07. The van der Waals surface area contributed by atoms with Gasteiger partial charge in [-0.05, 0) is 24.3 Å². The quantitative estimate of drug-likeness (QED) is 0.293. The number of allylic oxidation sites excluding steroid dienone is 1. The molecule has 0 aliphatic carbocycles. The van der Waals surface area contributed by atoms with Crippen molar-refractivity contribution in [3.8, 4) is 11.8 Å². The van der Waals surface area contributed by atoms with Gasteiger partial charge in [-0.2, -0.15) is 5.26 Å². The van der Waals surface area contributed by atoms with E-state index in [0.29, 0.717) is 5.01 Å². The van der Waals surface area contributed by atoms with Crippen LogP contribution in [-0.2, 0) is 0 Å². The summed E-state index contributed by atoms with van der Waals surface area (Å²) in [5, 5.41) is 21.3. The number of fused-ring (bicyclic) bond motifs is 1. The normalized spacial score (nSPS) is 12.0. The first-order valence-electron chi connectivity index (χ1n) is 8.16. The third kappa shape index (κ3) is 3.58. The van der Waals surface area contributed by atoms with Crippen LogP contribution in [0, 0.1) is 11.3 Å². The maximum absolute atomic E-state index is 10.5. The Morgan fingerprint density at radius 2 is 1.93 bits per heavy atom. The number of imidazole rings is 1. The summed E-state index contributed by atoms with van der Waals surface area (Å²) < 4.78 is 2.93. The van der Waals surface area contributed by atoms with Crippen LogP contribution in [0.3, 0.4) is 0 Å². The lowest BCUT2D eigenvalue weighted by atomic mass is 10.2. The highest BCUT2D eigenvalue weighted by Gasteiger charge is 2.15. The van der Waals surface area contributed by atoms with E-state index in [1.54, 1.807) is 6.20 Å². The highest BCUT2D eigenvalue weighted by molar-refractivity contribution is 7.99. The van der Waals surface area contributed by atoms with E-state index < -0.39 is 0 Å². The molecule has 1 N–H and O–H groups in total. The average Bonchev–Trinajstić information content (AvgIpc) is 3.34. The summed E-state index contributed by atoms with van der Waals surface area (Å²) in [6, 6.07) is 19.6. The fourth-order valence-electron chi connectivity index (χ4n) is 2.60. The van der Waals surface area contributed by atoms with Crippen molar-refractivity contribution < 1.29 is 5.11 Å². The Bertz CT molecular complexity index is 1120. The molecule has 5 nitrogen and oxygen atoms in total. The number of nitrogens with zero attached hydrogens (tertiary/aromatic N) is 4. The smallest absolute Gasteiger partial charge is 0.173 e. The van der Waals surface area contributed by atoms with Crippen LogP contribution in [-0.4, -0.2) is 25.4 Å². The van der Waals surface area contributed by atoms with Gasteiger partial charge in [-0.25, -0.2) is 9.97 Å². The van der Waals surface area contributed by atoms with Gasteiger partial charge in [-0.1, -0.05) is 42.1 Å². The van der Waals surface area contributed by atoms with Crippen molar-refractivity contribution in [3.63, 3.8) is 0 Å². The van der Waals surface area contributed by atoms with E-state index in [1.165, 1.54) is 23.1 Å². The number of aliphatic hydroxyl groups excluding tert-OH is 1. The van der Waals surface area contributed by atoms with Gasteiger partial charge in [-0.15, -0.1) is 11.3 Å². The standard InChI is InChI=1S/C20H14N4OS2/c21-12-15(19-23-16-8-4-5-9-18(16)27-19)17(25)13-26-20-22-10-11-24(20)14-6-2-1-3-7-14/h1-11,25H,13H2/b17-15-. The monoisotopic (exact) mass is 390 g/mol. The lowest BCUT2D eigenvalue weighted by molar-refractivity contribution is 0.420. The molecule has 27 heavy (non-hydrogen) atoms. The topological polar surface area (TPSA) is 74.7 Å². The Labute approximate surface area is 164 Å². The van der Waals surface area contributed by atoms with Crippen molar-refractivity contribution in [2.45, 2.75) is 5.16 Å². The largest absolute Gasteiger partial charge is 0.510 e. The van der Waals surface area contributed by atoms with E-state index in [4.69, 9.17) is 0 Å². The molecular weight excluding hydrogens is 376 g/mol. The number of rotatable bonds is 5. The van der Waals surface area contributed by atoms with E-state index in [0.717, 1.165) is 21.1 Å². The fraction of sp³-hybridized carbons (Fsp3) is 0.0500. The van der Waals surface area contributed by atoms with E-state index in [9.17, 15) is 10.4 Å². The van der Waals surface area contributed by atoms with Crippen molar-refractivity contribution in [2.75, 3.05) is 5.75 Å². The number of aromatic nitrogens is 3. The summed E-state index contributed by atoms with van der Waals surface area (Å²) in [5.74, 6) is 0.243. The molecule has 2 aromatic heterocycles. The van der Waals surface area contributed by atoms with Gasteiger partial charge in [-0.3, -0.25) is 4.57 Å². The number of nitriles is 1. The minimum atomic E-state index is 0.00386. The third-order valence-electron chi connectivity index (χ3n) is 3.89. The Morgan fingerprint density at radius 3 is 2.70 bits per heavy atom. The molecule has 132 valence electrons. The number of benzene rings is 2. The first kappa shape index (κ1) is 17.3. The van der Waals surface area contributed by atoms with E-state index in [-0.39, 0.29) is 17.1 Å². The number of thiazole rings is 1. The Balaban J connectivity index is 1.59. The second-order valence-corrected chi connectivity index (χ2v) is 7.60. The molecule has 0 aliphatic heterocycles. The third-order valence-corrected chi connectivity index (χ3v) is 5.92. The fourth-order valence-corrected chi connectivity index (χ4v) is 4.44. The Kier molecular flexibility index (Phi) is 4.92. The predicted molar refractivity (Wildman–Crippen MR) is 109 cm³/mol. The zero-order chi connectivity index (χ0) is 18.6. The van der Waals surface area contributed by atoms with E-state index in [1.807, 2.05) is 65.4 Å².